The van der Waals surface area contributed by atoms with Crippen LogP contribution in [0, 0.1) is 5.92 Å². The van der Waals surface area contributed by atoms with E-state index in [1.165, 1.54) is 11.1 Å². The molecule has 2 aliphatic rings. The fourth-order valence-electron chi connectivity index (χ4n) is 2.91. The van der Waals surface area contributed by atoms with Gasteiger partial charge in [0.2, 0.25) is 5.91 Å². The second-order valence-corrected chi connectivity index (χ2v) is 4.47. The molecule has 2 N–H and O–H groups in total. The lowest BCUT2D eigenvalue weighted by molar-refractivity contribution is -0.122. The summed E-state index contributed by atoms with van der Waals surface area (Å²) in [4.78, 5) is 11.3. The second kappa shape index (κ2) is 2.38. The summed E-state index contributed by atoms with van der Waals surface area (Å²) in [5, 5.41) is 0. The van der Waals surface area contributed by atoms with Crippen LogP contribution in [0.3, 0.4) is 0 Å². The molecule has 72 valence electrons. The highest BCUT2D eigenvalue weighted by atomic mass is 16.1. The van der Waals surface area contributed by atoms with Crippen molar-refractivity contribution in [2.45, 2.75) is 24.7 Å². The summed E-state index contributed by atoms with van der Waals surface area (Å²) in [6, 6.07) is 8.38. The van der Waals surface area contributed by atoms with Crippen molar-refractivity contribution in [2.24, 2.45) is 11.7 Å². The Kier molecular flexibility index (Phi) is 1.37. The van der Waals surface area contributed by atoms with Crippen LogP contribution in [0.15, 0.2) is 24.3 Å². The number of rotatable bonds is 1. The predicted molar refractivity (Wildman–Crippen MR) is 53.7 cm³/mol. The van der Waals surface area contributed by atoms with Crippen molar-refractivity contribution in [2.75, 3.05) is 0 Å². The van der Waals surface area contributed by atoms with E-state index in [4.69, 9.17) is 5.73 Å². The van der Waals surface area contributed by atoms with E-state index >= 15 is 0 Å². The molecule has 0 aromatic heterocycles. The highest BCUT2D eigenvalue weighted by molar-refractivity contribution is 5.81. The van der Waals surface area contributed by atoms with Gasteiger partial charge >= 0.3 is 0 Å². The fourth-order valence-corrected chi connectivity index (χ4v) is 2.91. The van der Waals surface area contributed by atoms with Gasteiger partial charge < -0.3 is 5.73 Å². The largest absolute Gasteiger partial charge is 0.369 e. The average Bonchev–Trinajstić information content (AvgIpc) is 2.87. The smallest absolute Gasteiger partial charge is 0.221 e. The van der Waals surface area contributed by atoms with Crippen LogP contribution in [0.4, 0.5) is 0 Å². The molecule has 1 atom stereocenters. The third-order valence-corrected chi connectivity index (χ3v) is 3.78. The Labute approximate surface area is 83.1 Å². The second-order valence-electron chi connectivity index (χ2n) is 4.47. The van der Waals surface area contributed by atoms with Gasteiger partial charge in [-0.3, -0.25) is 4.79 Å². The summed E-state index contributed by atoms with van der Waals surface area (Å²) in [7, 11) is 0. The molecule has 0 saturated heterocycles. The summed E-state index contributed by atoms with van der Waals surface area (Å²) in [5.41, 5.74) is 8.30. The van der Waals surface area contributed by atoms with E-state index in [1.807, 2.05) is 6.07 Å². The van der Waals surface area contributed by atoms with Crippen LogP contribution < -0.4 is 5.73 Å². The molecule has 0 aliphatic heterocycles. The molecule has 2 nitrogen and oxygen atoms in total. The van der Waals surface area contributed by atoms with E-state index in [0.29, 0.717) is 0 Å². The van der Waals surface area contributed by atoms with Gasteiger partial charge in [-0.15, -0.1) is 0 Å². The van der Waals surface area contributed by atoms with Crippen molar-refractivity contribution in [1.29, 1.82) is 0 Å². The minimum Gasteiger partial charge on any atom is -0.369 e. The van der Waals surface area contributed by atoms with Crippen molar-refractivity contribution in [3.8, 4) is 0 Å². The molecule has 0 radical (unpaired) electrons. The van der Waals surface area contributed by atoms with Crippen LogP contribution in [-0.2, 0) is 16.6 Å². The van der Waals surface area contributed by atoms with E-state index in [2.05, 4.69) is 18.2 Å². The number of carbonyl (C=O) groups is 1. The van der Waals surface area contributed by atoms with Crippen molar-refractivity contribution in [3.05, 3.63) is 35.4 Å². The minimum atomic E-state index is -0.126. The lowest BCUT2D eigenvalue weighted by Crippen LogP contribution is -2.30. The molecule has 1 fully saturated rings. The van der Waals surface area contributed by atoms with Gasteiger partial charge in [0.1, 0.15) is 0 Å². The summed E-state index contributed by atoms with van der Waals surface area (Å²) >= 11 is 0. The lowest BCUT2D eigenvalue weighted by Gasteiger charge is -2.15. The first-order valence-corrected chi connectivity index (χ1v) is 5.12. The van der Waals surface area contributed by atoms with Gasteiger partial charge in [-0.25, -0.2) is 0 Å². The number of fused-ring (bicyclic) bond motifs is 2. The van der Waals surface area contributed by atoms with Gasteiger partial charge in [0.15, 0.2) is 0 Å². The van der Waals surface area contributed by atoms with Gasteiger partial charge in [-0.05, 0) is 30.4 Å². The Morgan fingerprint density at radius 3 is 2.71 bits per heavy atom. The summed E-state index contributed by atoms with van der Waals surface area (Å²) < 4.78 is 0. The van der Waals surface area contributed by atoms with Crippen molar-refractivity contribution in [1.82, 2.24) is 0 Å². The zero-order valence-electron chi connectivity index (χ0n) is 7.99. The lowest BCUT2D eigenvalue weighted by atomic mass is 9.89. The quantitative estimate of drug-likeness (QED) is 0.709. The maximum atomic E-state index is 11.3. The first-order chi connectivity index (χ1) is 6.74. The number of amides is 1. The highest BCUT2D eigenvalue weighted by Gasteiger charge is 2.57. The van der Waals surface area contributed by atoms with Crippen LogP contribution in [0.1, 0.15) is 24.0 Å². The zero-order chi connectivity index (χ0) is 9.76. The zero-order valence-corrected chi connectivity index (χ0v) is 7.99. The Balaban J connectivity index is 2.12. The number of primary amides is 1. The first kappa shape index (κ1) is 8.04. The van der Waals surface area contributed by atoms with E-state index < -0.39 is 0 Å². The predicted octanol–water partition coefficient (Wildman–Crippen LogP) is 1.38. The molecule has 2 aliphatic carbocycles. The van der Waals surface area contributed by atoms with Crippen molar-refractivity contribution >= 4 is 5.91 Å². The molecule has 1 aromatic carbocycles. The molecule has 1 saturated carbocycles. The Bertz CT molecular complexity index is 407. The van der Waals surface area contributed by atoms with Crippen LogP contribution in [0.2, 0.25) is 0 Å². The van der Waals surface area contributed by atoms with E-state index in [0.717, 1.165) is 19.3 Å². The van der Waals surface area contributed by atoms with Gasteiger partial charge in [-0.1, -0.05) is 24.3 Å². The molecular formula is C12H13NO. The molecule has 1 amide bonds. The van der Waals surface area contributed by atoms with Gasteiger partial charge in [0.05, 0.1) is 5.92 Å². The molecule has 0 unspecified atom stereocenters. The molecule has 0 heterocycles. The molecule has 0 bridgehead atoms. The number of benzene rings is 1. The van der Waals surface area contributed by atoms with Crippen LogP contribution in [0.25, 0.3) is 0 Å². The van der Waals surface area contributed by atoms with E-state index in [1.54, 1.807) is 0 Å². The third-order valence-electron chi connectivity index (χ3n) is 3.78. The van der Waals surface area contributed by atoms with Crippen LogP contribution >= 0.6 is 0 Å². The topological polar surface area (TPSA) is 43.1 Å². The van der Waals surface area contributed by atoms with Crippen molar-refractivity contribution in [3.63, 3.8) is 0 Å². The summed E-state index contributed by atoms with van der Waals surface area (Å²) in [6.45, 7) is 0. The third kappa shape index (κ3) is 0.834. The maximum Gasteiger partial charge on any atom is 0.221 e. The maximum absolute atomic E-state index is 11.3. The first-order valence-electron chi connectivity index (χ1n) is 5.12. The molecule has 3 rings (SSSR count). The molecule has 1 spiro atoms. The number of carbonyl (C=O) groups excluding carboxylic acids is 1. The molecule has 1 aromatic rings. The molecule has 2 heteroatoms. The standard InChI is InChI=1S/C12H13NO/c13-11(14)10-7-8-3-1-2-4-9(8)12(10)5-6-12/h1-4,10H,5-7H2,(H2,13,14)/t10-/m0/s1. The Morgan fingerprint density at radius 1 is 1.36 bits per heavy atom. The van der Waals surface area contributed by atoms with Gasteiger partial charge in [0.25, 0.3) is 0 Å². The number of hydrogen-bond donors (Lipinski definition) is 1. The summed E-state index contributed by atoms with van der Waals surface area (Å²) in [5.74, 6) is -0.0707. The van der Waals surface area contributed by atoms with Gasteiger partial charge in [-0.2, -0.15) is 0 Å². The fraction of sp³-hybridized carbons (Fsp3) is 0.417. The van der Waals surface area contributed by atoms with E-state index in [-0.39, 0.29) is 17.2 Å². The highest BCUT2D eigenvalue weighted by Crippen LogP contribution is 2.59. The van der Waals surface area contributed by atoms with Crippen molar-refractivity contribution < 1.29 is 4.79 Å². The number of hydrogen-bond acceptors (Lipinski definition) is 1. The number of nitrogens with two attached hydrogens (primary N) is 1. The van der Waals surface area contributed by atoms with Gasteiger partial charge in [0, 0.05) is 5.41 Å². The summed E-state index contributed by atoms with van der Waals surface area (Å²) in [6.07, 6.45) is 3.13. The normalized spacial score (nSPS) is 26.1. The molecular weight excluding hydrogens is 174 g/mol. The Hall–Kier alpha value is -1.31. The Morgan fingerprint density at radius 2 is 2.07 bits per heavy atom. The average molecular weight is 187 g/mol. The molecule has 14 heavy (non-hydrogen) atoms. The van der Waals surface area contributed by atoms with Crippen LogP contribution in [0.5, 0.6) is 0 Å². The monoisotopic (exact) mass is 187 g/mol. The minimum absolute atomic E-state index is 0.0555. The van der Waals surface area contributed by atoms with E-state index in [9.17, 15) is 4.79 Å². The van der Waals surface area contributed by atoms with Crippen LogP contribution in [-0.4, -0.2) is 5.91 Å². The SMILES string of the molecule is NC(=O)[C@@H]1Cc2ccccc2C12CC2.